The van der Waals surface area contributed by atoms with Crippen molar-refractivity contribution in [2.45, 2.75) is 119 Å². The van der Waals surface area contributed by atoms with Gasteiger partial charge in [-0.25, -0.2) is 0 Å². The third-order valence-corrected chi connectivity index (χ3v) is 7.98. The van der Waals surface area contributed by atoms with Crippen molar-refractivity contribution in [3.63, 3.8) is 0 Å². The smallest absolute Gasteiger partial charge is 0.403 e. The molecule has 0 aromatic heterocycles. The highest BCUT2D eigenvalue weighted by Gasteiger charge is 2.98. The van der Waals surface area contributed by atoms with Crippen LogP contribution in [0.1, 0.15) is 0 Å². The van der Waals surface area contributed by atoms with Crippen LogP contribution in [-0.4, -0.2) is 119 Å². The molecule has 424 valence electrons. The fourth-order valence-electron chi connectivity index (χ4n) is 3.99. The highest BCUT2D eigenvalue weighted by molar-refractivity contribution is 5.35. The number of allylic oxidation sites excluding steroid dienone is 2. The van der Waals surface area contributed by atoms with E-state index in [2.05, 4.69) is 0 Å². The Labute approximate surface area is 350 Å². The van der Waals surface area contributed by atoms with E-state index in [-0.39, 0.29) is 0 Å². The van der Waals surface area contributed by atoms with Gasteiger partial charge in [-0.2, -0.15) is 202 Å². The van der Waals surface area contributed by atoms with Gasteiger partial charge in [0.05, 0.1) is 0 Å². The lowest BCUT2D eigenvalue weighted by Gasteiger charge is -2.43. The molecule has 0 aliphatic rings. The van der Waals surface area contributed by atoms with Gasteiger partial charge in [0.2, 0.25) is 0 Å². The molecule has 0 aliphatic heterocycles. The van der Waals surface area contributed by atoms with Crippen molar-refractivity contribution in [2.24, 2.45) is 0 Å². The quantitative estimate of drug-likeness (QED) is 0.0982. The van der Waals surface area contributed by atoms with Gasteiger partial charge in [0.1, 0.15) is 0 Å². The summed E-state index contributed by atoms with van der Waals surface area (Å²) in [6.45, 7) is 0. The number of hydrogen-bond donors (Lipinski definition) is 0. The predicted octanol–water partition coefficient (Wildman–Crippen LogP) is 15.8. The van der Waals surface area contributed by atoms with E-state index >= 15 is 0 Å². The Bertz CT molecular complexity index is 1860. The minimum absolute atomic E-state index is 1.09. The molecule has 0 saturated heterocycles. The van der Waals surface area contributed by atoms with Crippen molar-refractivity contribution >= 4 is 0 Å². The van der Waals surface area contributed by atoms with Gasteiger partial charge in [-0.1, -0.05) is 0 Å². The minimum Gasteiger partial charge on any atom is -0.403 e. The Balaban J connectivity index is 9.10. The summed E-state index contributed by atoms with van der Waals surface area (Å²) in [6.07, 6.45) is -35.2. The van der Waals surface area contributed by atoms with Gasteiger partial charge in [-0.3, -0.25) is 0 Å². The highest BCUT2D eigenvalue weighted by Crippen LogP contribution is 2.69. The highest BCUT2D eigenvalue weighted by atomic mass is 19.5. The van der Waals surface area contributed by atoms with E-state index in [1.54, 1.807) is 0 Å². The van der Waals surface area contributed by atoms with Crippen molar-refractivity contribution < 1.29 is 207 Å². The van der Waals surface area contributed by atoms with Crippen LogP contribution in [0, 0.1) is 0 Å². The maximum Gasteiger partial charge on any atom is 0.460 e. The van der Waals surface area contributed by atoms with E-state index in [4.69, 9.17) is 0 Å². The minimum atomic E-state index is -10.3. The zero-order chi connectivity index (χ0) is 59.0. The van der Waals surface area contributed by atoms with Crippen LogP contribution in [0.2, 0.25) is 0 Å². The molecule has 0 spiro atoms. The Morgan fingerprint density at radius 2 is 0.310 bits per heavy atom. The van der Waals surface area contributed by atoms with Crippen molar-refractivity contribution in [3.05, 3.63) is 23.2 Å². The molecule has 0 unspecified atom stereocenters. The number of rotatable bonds is 18. The number of hydrogen-bond acceptors (Lipinski definition) is 1. The normalized spacial score (nSPS) is 17.6. The lowest BCUT2D eigenvalue weighted by Crippen LogP contribution is -2.75. The molecule has 0 atom stereocenters. The van der Waals surface area contributed by atoms with E-state index in [1.165, 1.54) is 0 Å². The van der Waals surface area contributed by atoms with Gasteiger partial charge in [0, 0.05) is 0 Å². The first-order valence-electron chi connectivity index (χ1n) is 14.6. The summed E-state index contributed by atoms with van der Waals surface area (Å²) in [5.41, 5.74) is -14.3. The second-order valence-electron chi connectivity index (χ2n) is 12.6. The molecule has 1 nitrogen and oxygen atoms in total. The molecule has 0 saturated carbocycles. The van der Waals surface area contributed by atoms with Crippen LogP contribution in [0.25, 0.3) is 0 Å². The second-order valence-corrected chi connectivity index (χ2v) is 12.6. The largest absolute Gasteiger partial charge is 0.460 e. The monoisotopic (exact) mass is 1180 g/mol. The summed E-state index contributed by atoms with van der Waals surface area (Å²) >= 11 is 0. The molecule has 0 rings (SSSR count). The van der Waals surface area contributed by atoms with Gasteiger partial charge in [-0.15, -0.1) is 0 Å². The molecule has 0 aliphatic carbocycles. The van der Waals surface area contributed by atoms with E-state index in [1.807, 2.05) is 0 Å². The maximum atomic E-state index is 14.6. The van der Waals surface area contributed by atoms with Gasteiger partial charge < -0.3 is 4.74 Å². The van der Waals surface area contributed by atoms with E-state index in [9.17, 15) is 202 Å². The van der Waals surface area contributed by atoms with Crippen LogP contribution >= 0.6 is 0 Å². The average Bonchev–Trinajstić information content (AvgIpc) is 3.07. The Hall–Kier alpha value is -3.94. The summed E-state index contributed by atoms with van der Waals surface area (Å²) in [5.74, 6) is -158. The van der Waals surface area contributed by atoms with E-state index < -0.39 is 143 Å². The van der Waals surface area contributed by atoms with Crippen molar-refractivity contribution in [1.82, 2.24) is 0 Å². The van der Waals surface area contributed by atoms with Crippen LogP contribution in [0.15, 0.2) is 23.2 Å². The Kier molecular flexibility index (Phi) is 15.9. The average molecular weight is 1180 g/mol. The molecule has 0 amide bonds. The number of alkyl halides is 44. The van der Waals surface area contributed by atoms with Crippen LogP contribution in [0.3, 0.4) is 0 Å². The summed E-state index contributed by atoms with van der Waals surface area (Å²) in [4.78, 5) is 0. The Morgan fingerprint density at radius 1 is 0.169 bits per heavy atom. The molecule has 0 N–H and O–H groups in total. The molecule has 0 aromatic rings. The van der Waals surface area contributed by atoms with E-state index in [0.717, 1.165) is 4.74 Å². The first-order valence-corrected chi connectivity index (χ1v) is 14.6. The lowest BCUT2D eigenvalue weighted by atomic mass is 9.85. The lowest BCUT2D eigenvalue weighted by molar-refractivity contribution is -0.461. The number of halogens is 46. The van der Waals surface area contributed by atoms with Gasteiger partial charge >= 0.3 is 119 Å². The zero-order valence-electron chi connectivity index (χ0n) is 29.8. The summed E-state index contributed by atoms with van der Waals surface area (Å²) in [6, 6.07) is -13.4. The van der Waals surface area contributed by atoms with Crippen LogP contribution in [-0.2, 0) is 4.74 Å². The van der Waals surface area contributed by atoms with Crippen LogP contribution < -0.4 is 0 Å². The topological polar surface area (TPSA) is 9.23 Å². The molecule has 0 aromatic carbocycles. The van der Waals surface area contributed by atoms with Gasteiger partial charge in [0.25, 0.3) is 12.0 Å². The molecular weight excluding hydrogens is 1180 g/mol. The number of ether oxygens (including phenoxy) is 1. The van der Waals surface area contributed by atoms with Crippen molar-refractivity contribution in [2.75, 3.05) is 0 Å². The molecular formula is C24F46O. The van der Waals surface area contributed by atoms with Gasteiger partial charge in [-0.05, 0) is 0 Å². The SMILES string of the molecule is FC(OC(F)=C(C(F)(F)C(F)(F)F)C(F)(F)C(F)(F)C(F)(F)C(F)(F)C(F)(F)C(F)(F)C(F)(F)C(F)(F)F)=C(C(F)(F)C(F)(F)F)C(F)(F)C(F)(F)C(F)(F)C(F)(F)C(F)(F)C(F)(F)C(F)(F)C(F)(F)F. The van der Waals surface area contributed by atoms with Crippen molar-refractivity contribution in [1.29, 1.82) is 0 Å². The first-order chi connectivity index (χ1) is 29.8. The fraction of sp³-hybridized carbons (Fsp3) is 0.833. The predicted molar refractivity (Wildman–Crippen MR) is 121 cm³/mol. The summed E-state index contributed by atoms with van der Waals surface area (Å²) < 4.78 is 624. The maximum absolute atomic E-state index is 14.6. The molecule has 0 bridgehead atoms. The molecule has 0 radical (unpaired) electrons. The standard InChI is InChI=1S/C24F46O/c25-3(1(7(31,32)21(59,60)61)5(27,28)9(35,36)11(39,40)13(43,44)15(47,48)17(51,52)19(55,56)23(65,66)67)71-4(26)2(8(33,34)22(62,63)64)6(29,30)10(37,38)12(41,42)14(45,46)16(49,50)18(53,54)20(57,58)24(68,69)70. The first kappa shape index (κ1) is 67.1. The van der Waals surface area contributed by atoms with Crippen LogP contribution in [0.5, 0.6) is 0 Å². The molecule has 0 fully saturated rings. The second kappa shape index (κ2) is 16.8. The summed E-state index contributed by atoms with van der Waals surface area (Å²) in [7, 11) is 0. The molecule has 0 heterocycles. The summed E-state index contributed by atoms with van der Waals surface area (Å²) in [5, 5.41) is 0. The van der Waals surface area contributed by atoms with Crippen LogP contribution in [0.4, 0.5) is 202 Å². The fourth-order valence-corrected chi connectivity index (χ4v) is 3.99. The third-order valence-electron chi connectivity index (χ3n) is 7.98. The Morgan fingerprint density at radius 3 is 0.451 bits per heavy atom. The van der Waals surface area contributed by atoms with Gasteiger partial charge in [0.15, 0.2) is 11.1 Å². The van der Waals surface area contributed by atoms with Crippen molar-refractivity contribution in [3.8, 4) is 0 Å². The molecule has 47 heteroatoms. The molecule has 71 heavy (non-hydrogen) atoms. The van der Waals surface area contributed by atoms with E-state index in [0.29, 0.717) is 0 Å². The third kappa shape index (κ3) is 8.75. The zero-order valence-corrected chi connectivity index (χ0v) is 29.8.